The van der Waals surface area contributed by atoms with Crippen LogP contribution in [0.1, 0.15) is 34.2 Å². The Morgan fingerprint density at radius 2 is 1.93 bits per heavy atom. The van der Waals surface area contributed by atoms with E-state index in [1.165, 1.54) is 7.11 Å². The number of thioether (sulfide) groups is 1. The zero-order valence-corrected chi connectivity index (χ0v) is 17.2. The van der Waals surface area contributed by atoms with Crippen molar-refractivity contribution in [1.82, 2.24) is 14.9 Å². The van der Waals surface area contributed by atoms with Gasteiger partial charge in [0.05, 0.1) is 30.6 Å². The Kier molecular flexibility index (Phi) is 6.04. The Balaban J connectivity index is 1.86. The van der Waals surface area contributed by atoms with Gasteiger partial charge in [0, 0.05) is 17.5 Å². The van der Waals surface area contributed by atoms with Crippen molar-refractivity contribution >= 4 is 34.7 Å². The molecular weight excluding hydrogens is 374 g/mol. The highest BCUT2D eigenvalue weighted by Gasteiger charge is 2.20. The van der Waals surface area contributed by atoms with E-state index in [-0.39, 0.29) is 18.3 Å². The number of rotatable bonds is 6. The van der Waals surface area contributed by atoms with Crippen LogP contribution in [0.15, 0.2) is 47.4 Å². The number of aromatic nitrogens is 2. The van der Waals surface area contributed by atoms with E-state index < -0.39 is 6.04 Å². The Hall–Kier alpha value is -2.80. The standard InChI is InChI=1S/C21H23N3O3S/c1-13-22-18-11-15(7-10-19(18)24(13)2)21(26)23-17(12-20(25)27-3)14-5-8-16(28-4)9-6-14/h5-11,17H,12H2,1-4H3,(H,23,26). The summed E-state index contributed by atoms with van der Waals surface area (Å²) >= 11 is 1.63. The Bertz CT molecular complexity index is 1010. The van der Waals surface area contributed by atoms with Gasteiger partial charge in [-0.25, -0.2) is 4.98 Å². The molecule has 2 aromatic carbocycles. The number of benzene rings is 2. The van der Waals surface area contributed by atoms with Crippen molar-refractivity contribution in [3.05, 3.63) is 59.4 Å². The lowest BCUT2D eigenvalue weighted by atomic mass is 10.0. The molecule has 1 aromatic heterocycles. The number of fused-ring (bicyclic) bond motifs is 1. The average Bonchev–Trinajstić information content (AvgIpc) is 3.00. The van der Waals surface area contributed by atoms with Gasteiger partial charge in [-0.2, -0.15) is 0 Å². The van der Waals surface area contributed by atoms with Gasteiger partial charge in [0.2, 0.25) is 0 Å². The molecule has 7 heteroatoms. The number of hydrogen-bond donors (Lipinski definition) is 1. The Morgan fingerprint density at radius 3 is 2.57 bits per heavy atom. The van der Waals surface area contributed by atoms with Crippen LogP contribution in [-0.2, 0) is 16.6 Å². The van der Waals surface area contributed by atoms with Crippen molar-refractivity contribution in [2.75, 3.05) is 13.4 Å². The summed E-state index contributed by atoms with van der Waals surface area (Å²) < 4.78 is 6.78. The second-order valence-corrected chi connectivity index (χ2v) is 7.38. The maximum Gasteiger partial charge on any atom is 0.307 e. The fourth-order valence-electron chi connectivity index (χ4n) is 3.04. The van der Waals surface area contributed by atoms with E-state index in [0.717, 1.165) is 27.3 Å². The van der Waals surface area contributed by atoms with Crippen LogP contribution in [0.2, 0.25) is 0 Å². The first-order chi connectivity index (χ1) is 13.4. The van der Waals surface area contributed by atoms with Crippen LogP contribution in [0, 0.1) is 6.92 Å². The van der Waals surface area contributed by atoms with Gasteiger partial charge in [-0.15, -0.1) is 11.8 Å². The third-order valence-corrected chi connectivity index (χ3v) is 5.53. The summed E-state index contributed by atoms with van der Waals surface area (Å²) in [5.74, 6) is 0.244. The van der Waals surface area contributed by atoms with E-state index in [1.807, 2.05) is 55.1 Å². The molecule has 0 aliphatic heterocycles. The first-order valence-corrected chi connectivity index (χ1v) is 10.1. The number of amides is 1. The normalized spacial score (nSPS) is 12.0. The number of hydrogen-bond acceptors (Lipinski definition) is 5. The van der Waals surface area contributed by atoms with Crippen molar-refractivity contribution in [3.63, 3.8) is 0 Å². The second kappa shape index (κ2) is 8.48. The topological polar surface area (TPSA) is 73.2 Å². The van der Waals surface area contributed by atoms with Gasteiger partial charge in [-0.3, -0.25) is 9.59 Å². The number of ether oxygens (including phenoxy) is 1. The van der Waals surface area contributed by atoms with Crippen LogP contribution < -0.4 is 5.32 Å². The molecule has 0 saturated carbocycles. The molecule has 6 nitrogen and oxygen atoms in total. The van der Waals surface area contributed by atoms with Crippen molar-refractivity contribution in [2.45, 2.75) is 24.3 Å². The summed E-state index contributed by atoms with van der Waals surface area (Å²) in [5.41, 5.74) is 3.09. The molecule has 1 unspecified atom stereocenters. The molecule has 1 amide bonds. The van der Waals surface area contributed by atoms with Gasteiger partial charge >= 0.3 is 5.97 Å². The van der Waals surface area contributed by atoms with Crippen LogP contribution in [0.3, 0.4) is 0 Å². The van der Waals surface area contributed by atoms with E-state index in [4.69, 9.17) is 4.74 Å². The fraction of sp³-hybridized carbons (Fsp3) is 0.286. The summed E-state index contributed by atoms with van der Waals surface area (Å²) in [4.78, 5) is 30.3. The lowest BCUT2D eigenvalue weighted by Crippen LogP contribution is -2.30. The Labute approximate surface area is 168 Å². The lowest BCUT2D eigenvalue weighted by Gasteiger charge is -2.18. The Morgan fingerprint density at radius 1 is 1.21 bits per heavy atom. The number of nitrogens with one attached hydrogen (secondary N) is 1. The minimum atomic E-state index is -0.475. The van der Waals surface area contributed by atoms with Gasteiger partial charge in [0.15, 0.2) is 0 Å². The number of esters is 1. The maximum absolute atomic E-state index is 12.9. The zero-order chi connectivity index (χ0) is 20.3. The summed E-state index contributed by atoms with van der Waals surface area (Å²) in [6.45, 7) is 1.92. The van der Waals surface area contributed by atoms with Crippen LogP contribution in [0.5, 0.6) is 0 Å². The zero-order valence-electron chi connectivity index (χ0n) is 16.4. The molecule has 0 radical (unpaired) electrons. The van der Waals surface area contributed by atoms with Crippen LogP contribution >= 0.6 is 11.8 Å². The minimum absolute atomic E-state index is 0.0613. The van der Waals surface area contributed by atoms with Gasteiger partial charge < -0.3 is 14.6 Å². The first kappa shape index (κ1) is 19.9. The quantitative estimate of drug-likeness (QED) is 0.508. The van der Waals surface area contributed by atoms with E-state index in [2.05, 4.69) is 10.3 Å². The summed E-state index contributed by atoms with van der Waals surface area (Å²) in [6, 6.07) is 12.7. The van der Waals surface area contributed by atoms with Crippen molar-refractivity contribution in [2.24, 2.45) is 7.05 Å². The molecule has 3 rings (SSSR count). The van der Waals surface area contributed by atoms with Crippen molar-refractivity contribution in [1.29, 1.82) is 0 Å². The fourth-order valence-corrected chi connectivity index (χ4v) is 3.45. The van der Waals surface area contributed by atoms with Crippen LogP contribution in [0.4, 0.5) is 0 Å². The molecule has 0 aliphatic carbocycles. The van der Waals surface area contributed by atoms with E-state index in [9.17, 15) is 9.59 Å². The number of carbonyl (C=O) groups is 2. The predicted molar refractivity (Wildman–Crippen MR) is 111 cm³/mol. The molecule has 146 valence electrons. The SMILES string of the molecule is COC(=O)CC(NC(=O)c1ccc2c(c1)nc(C)n2C)c1ccc(SC)cc1. The summed E-state index contributed by atoms with van der Waals surface area (Å²) in [6.07, 6.45) is 2.06. The number of imidazole rings is 1. The monoisotopic (exact) mass is 397 g/mol. The lowest BCUT2D eigenvalue weighted by molar-refractivity contribution is -0.141. The van der Waals surface area contributed by atoms with Gasteiger partial charge in [0.1, 0.15) is 5.82 Å². The second-order valence-electron chi connectivity index (χ2n) is 6.50. The van der Waals surface area contributed by atoms with Gasteiger partial charge in [-0.1, -0.05) is 12.1 Å². The molecule has 0 aliphatic rings. The smallest absolute Gasteiger partial charge is 0.307 e. The van der Waals surface area contributed by atoms with E-state index >= 15 is 0 Å². The predicted octanol–water partition coefficient (Wildman–Crippen LogP) is 3.64. The largest absolute Gasteiger partial charge is 0.469 e. The molecule has 0 saturated heterocycles. The molecule has 1 atom stereocenters. The first-order valence-electron chi connectivity index (χ1n) is 8.87. The molecule has 0 spiro atoms. The van der Waals surface area contributed by atoms with E-state index in [0.29, 0.717) is 5.56 Å². The highest BCUT2D eigenvalue weighted by molar-refractivity contribution is 7.98. The third-order valence-electron chi connectivity index (χ3n) is 4.79. The molecular formula is C21H23N3O3S. The number of nitrogens with zero attached hydrogens (tertiary/aromatic N) is 2. The summed E-state index contributed by atoms with van der Waals surface area (Å²) in [7, 11) is 3.28. The molecule has 1 heterocycles. The van der Waals surface area contributed by atoms with E-state index in [1.54, 1.807) is 23.9 Å². The number of methoxy groups -OCH3 is 1. The number of carbonyl (C=O) groups excluding carboxylic acids is 2. The molecule has 28 heavy (non-hydrogen) atoms. The number of aryl methyl sites for hydroxylation is 2. The van der Waals surface area contributed by atoms with Crippen LogP contribution in [0.25, 0.3) is 11.0 Å². The van der Waals surface area contributed by atoms with Gasteiger partial charge in [-0.05, 0) is 49.1 Å². The third kappa shape index (κ3) is 4.20. The average molecular weight is 398 g/mol. The molecule has 3 aromatic rings. The highest BCUT2D eigenvalue weighted by atomic mass is 32.2. The molecule has 1 N–H and O–H groups in total. The van der Waals surface area contributed by atoms with Gasteiger partial charge in [0.25, 0.3) is 5.91 Å². The molecule has 0 bridgehead atoms. The minimum Gasteiger partial charge on any atom is -0.469 e. The van der Waals surface area contributed by atoms with Crippen molar-refractivity contribution in [3.8, 4) is 0 Å². The van der Waals surface area contributed by atoms with Crippen molar-refractivity contribution < 1.29 is 14.3 Å². The molecule has 0 fully saturated rings. The summed E-state index contributed by atoms with van der Waals surface area (Å²) in [5, 5.41) is 2.96. The van der Waals surface area contributed by atoms with Crippen LogP contribution in [-0.4, -0.2) is 34.8 Å². The maximum atomic E-state index is 12.9. The highest BCUT2D eigenvalue weighted by Crippen LogP contribution is 2.23.